The van der Waals surface area contributed by atoms with Crippen LogP contribution < -0.4 is 0 Å². The molecule has 0 saturated heterocycles. The van der Waals surface area contributed by atoms with E-state index in [2.05, 4.69) is 4.98 Å². The third kappa shape index (κ3) is 1.98. The molecule has 12 heavy (non-hydrogen) atoms. The van der Waals surface area contributed by atoms with Crippen LogP contribution in [0.2, 0.25) is 5.15 Å². The maximum Gasteiger partial charge on any atom is 0.300 e. The molecule has 0 aliphatic carbocycles. The van der Waals surface area contributed by atoms with E-state index in [1.54, 1.807) is 0 Å². The first-order valence-electron chi connectivity index (χ1n) is 3.05. The second-order valence-corrected chi connectivity index (χ2v) is 2.42. The molecule has 0 spiro atoms. The Balaban J connectivity index is 2.96. The molecule has 2 nitrogen and oxygen atoms in total. The fraction of sp³-hybridized carbons (Fsp3) is 0.143. The predicted molar refractivity (Wildman–Crippen MR) is 39.6 cm³/mol. The first-order chi connectivity index (χ1) is 5.61. The van der Waals surface area contributed by atoms with Crippen LogP contribution in [0.4, 0.5) is 8.78 Å². The lowest BCUT2D eigenvalue weighted by Gasteiger charge is -1.97. The van der Waals surface area contributed by atoms with Gasteiger partial charge in [-0.25, -0.2) is 13.8 Å². The number of ketones is 1. The first-order valence-corrected chi connectivity index (χ1v) is 3.43. The molecular formula is C7H4ClF2NO. The number of alkyl halides is 2. The van der Waals surface area contributed by atoms with Crippen molar-refractivity contribution in [2.24, 2.45) is 0 Å². The van der Waals surface area contributed by atoms with Gasteiger partial charge in [0.05, 0.1) is 0 Å². The van der Waals surface area contributed by atoms with Crippen LogP contribution in [0, 0.1) is 0 Å². The largest absolute Gasteiger partial charge is 0.300 e. The molecule has 5 heteroatoms. The Labute approximate surface area is 72.2 Å². The van der Waals surface area contributed by atoms with Crippen molar-refractivity contribution in [2.75, 3.05) is 0 Å². The molecular weight excluding hydrogens is 188 g/mol. The zero-order valence-corrected chi connectivity index (χ0v) is 6.55. The summed E-state index contributed by atoms with van der Waals surface area (Å²) in [5.41, 5.74) is -0.120. The van der Waals surface area contributed by atoms with Gasteiger partial charge in [-0.2, -0.15) is 0 Å². The smallest absolute Gasteiger partial charge is 0.288 e. The van der Waals surface area contributed by atoms with Gasteiger partial charge >= 0.3 is 6.43 Å². The lowest BCUT2D eigenvalue weighted by Crippen LogP contribution is -2.09. The SMILES string of the molecule is O=C(c1ccnc(Cl)c1)C(F)F. The summed E-state index contributed by atoms with van der Waals surface area (Å²) in [6, 6.07) is 2.30. The third-order valence-corrected chi connectivity index (χ3v) is 1.42. The highest BCUT2D eigenvalue weighted by molar-refractivity contribution is 6.29. The minimum atomic E-state index is -3.00. The Hall–Kier alpha value is -1.03. The number of nitrogens with zero attached hydrogens (tertiary/aromatic N) is 1. The minimum Gasteiger partial charge on any atom is -0.288 e. The topological polar surface area (TPSA) is 30.0 Å². The number of aromatic nitrogens is 1. The molecule has 0 saturated carbocycles. The number of halogens is 3. The van der Waals surface area contributed by atoms with E-state index in [1.807, 2.05) is 0 Å². The van der Waals surface area contributed by atoms with Crippen LogP contribution in [-0.4, -0.2) is 17.2 Å². The molecule has 0 N–H and O–H groups in total. The molecule has 1 aromatic heterocycles. The molecule has 0 aliphatic heterocycles. The molecule has 0 aliphatic rings. The second kappa shape index (κ2) is 3.58. The Kier molecular flexibility index (Phi) is 2.70. The summed E-state index contributed by atoms with van der Waals surface area (Å²) in [7, 11) is 0. The van der Waals surface area contributed by atoms with E-state index in [0.29, 0.717) is 0 Å². The van der Waals surface area contributed by atoms with E-state index in [-0.39, 0.29) is 10.7 Å². The van der Waals surface area contributed by atoms with Crippen molar-refractivity contribution in [3.8, 4) is 0 Å². The van der Waals surface area contributed by atoms with Crippen molar-refractivity contribution in [2.45, 2.75) is 6.43 Å². The second-order valence-electron chi connectivity index (χ2n) is 2.03. The van der Waals surface area contributed by atoms with Gasteiger partial charge in [0.15, 0.2) is 0 Å². The Morgan fingerprint density at radius 1 is 1.58 bits per heavy atom. The highest BCUT2D eigenvalue weighted by Gasteiger charge is 2.17. The molecule has 0 bridgehead atoms. The molecule has 1 aromatic rings. The van der Waals surface area contributed by atoms with Crippen LogP contribution in [0.5, 0.6) is 0 Å². The number of carbonyl (C=O) groups is 1. The van der Waals surface area contributed by atoms with Crippen molar-refractivity contribution in [3.63, 3.8) is 0 Å². The molecule has 0 amide bonds. The quantitative estimate of drug-likeness (QED) is 0.530. The van der Waals surface area contributed by atoms with Crippen molar-refractivity contribution in [1.82, 2.24) is 4.98 Å². The van der Waals surface area contributed by atoms with E-state index in [0.717, 1.165) is 6.07 Å². The highest BCUT2D eigenvalue weighted by atomic mass is 35.5. The van der Waals surface area contributed by atoms with Crippen LogP contribution in [-0.2, 0) is 0 Å². The Morgan fingerprint density at radius 3 is 2.75 bits per heavy atom. The molecule has 0 atom stereocenters. The van der Waals surface area contributed by atoms with Crippen LogP contribution in [0.3, 0.4) is 0 Å². The minimum absolute atomic E-state index is 0.0292. The Morgan fingerprint density at radius 2 is 2.25 bits per heavy atom. The lowest BCUT2D eigenvalue weighted by molar-refractivity contribution is 0.0678. The van der Waals surface area contributed by atoms with Gasteiger partial charge in [-0.15, -0.1) is 0 Å². The van der Waals surface area contributed by atoms with Gasteiger partial charge < -0.3 is 0 Å². The normalized spacial score (nSPS) is 10.3. The molecule has 0 radical (unpaired) electrons. The number of Topliss-reactive ketones (excluding diaryl/α,β-unsaturated/α-hetero) is 1. The summed E-state index contributed by atoms with van der Waals surface area (Å²) < 4.78 is 23.7. The zero-order valence-electron chi connectivity index (χ0n) is 5.80. The average Bonchev–Trinajstić information content (AvgIpc) is 2.03. The van der Waals surface area contributed by atoms with Gasteiger partial charge in [0.1, 0.15) is 5.15 Å². The maximum atomic E-state index is 11.8. The summed E-state index contributed by atoms with van der Waals surface area (Å²) in [6.07, 6.45) is -1.79. The van der Waals surface area contributed by atoms with Gasteiger partial charge in [0.2, 0.25) is 5.78 Å². The zero-order chi connectivity index (χ0) is 9.14. The van der Waals surface area contributed by atoms with Gasteiger partial charge in [-0.05, 0) is 12.1 Å². The fourth-order valence-corrected chi connectivity index (χ4v) is 0.856. The Bertz CT molecular complexity index is 303. The van der Waals surface area contributed by atoms with Crippen molar-refractivity contribution >= 4 is 17.4 Å². The first kappa shape index (κ1) is 9.06. The van der Waals surface area contributed by atoms with E-state index in [9.17, 15) is 13.6 Å². The van der Waals surface area contributed by atoms with Gasteiger partial charge in [-0.3, -0.25) is 4.79 Å². The van der Waals surface area contributed by atoms with Crippen LogP contribution in [0.1, 0.15) is 10.4 Å². The molecule has 0 aromatic carbocycles. The van der Waals surface area contributed by atoms with Crippen LogP contribution in [0.25, 0.3) is 0 Å². The summed E-state index contributed by atoms with van der Waals surface area (Å²) in [5.74, 6) is -1.24. The monoisotopic (exact) mass is 191 g/mol. The van der Waals surface area contributed by atoms with Gasteiger partial charge in [0.25, 0.3) is 0 Å². The molecule has 0 fully saturated rings. The number of carbonyl (C=O) groups excluding carboxylic acids is 1. The lowest BCUT2D eigenvalue weighted by atomic mass is 10.2. The van der Waals surface area contributed by atoms with Crippen LogP contribution in [0.15, 0.2) is 18.3 Å². The van der Waals surface area contributed by atoms with E-state index >= 15 is 0 Å². The van der Waals surface area contributed by atoms with E-state index in [4.69, 9.17) is 11.6 Å². The van der Waals surface area contributed by atoms with Crippen LogP contribution >= 0.6 is 11.6 Å². The van der Waals surface area contributed by atoms with Crippen molar-refractivity contribution in [3.05, 3.63) is 29.0 Å². The summed E-state index contributed by atoms with van der Waals surface area (Å²) in [6.45, 7) is 0. The van der Waals surface area contributed by atoms with Gasteiger partial charge in [-0.1, -0.05) is 11.6 Å². The third-order valence-electron chi connectivity index (χ3n) is 1.21. The average molecular weight is 192 g/mol. The summed E-state index contributed by atoms with van der Waals surface area (Å²) in [5, 5.41) is 0.0292. The molecule has 1 heterocycles. The number of rotatable bonds is 2. The maximum absolute atomic E-state index is 11.8. The summed E-state index contributed by atoms with van der Waals surface area (Å²) >= 11 is 5.39. The molecule has 64 valence electrons. The number of pyridine rings is 1. The predicted octanol–water partition coefficient (Wildman–Crippen LogP) is 2.18. The molecule has 0 unspecified atom stereocenters. The van der Waals surface area contributed by atoms with Crippen molar-refractivity contribution < 1.29 is 13.6 Å². The standard InChI is InChI=1S/C7H4ClF2NO/c8-5-3-4(1-2-11-5)6(12)7(9)10/h1-3,7H. The fourth-order valence-electron chi connectivity index (χ4n) is 0.682. The highest BCUT2D eigenvalue weighted by Crippen LogP contribution is 2.11. The summed E-state index contributed by atoms with van der Waals surface area (Å²) in [4.78, 5) is 14.2. The number of hydrogen-bond acceptors (Lipinski definition) is 2. The van der Waals surface area contributed by atoms with Gasteiger partial charge in [0, 0.05) is 11.8 Å². The van der Waals surface area contributed by atoms with Crippen molar-refractivity contribution in [1.29, 1.82) is 0 Å². The number of hydrogen-bond donors (Lipinski definition) is 0. The van der Waals surface area contributed by atoms with E-state index < -0.39 is 12.2 Å². The van der Waals surface area contributed by atoms with E-state index in [1.165, 1.54) is 12.3 Å². The molecule has 1 rings (SSSR count).